The summed E-state index contributed by atoms with van der Waals surface area (Å²) in [6.45, 7) is 6.27. The molecule has 2 amide bonds. The Morgan fingerprint density at radius 2 is 1.58 bits per heavy atom. The molecule has 2 saturated heterocycles. The van der Waals surface area contributed by atoms with Gasteiger partial charge >= 0.3 is 0 Å². The molecule has 0 radical (unpaired) electrons. The second-order valence-electron chi connectivity index (χ2n) is 9.78. The fourth-order valence-corrected chi connectivity index (χ4v) is 6.07. The molecular weight excluding hydrogens is 468 g/mol. The fourth-order valence-electron chi connectivity index (χ4n) is 5.11. The molecule has 2 fully saturated rings. The number of anilines is 1. The van der Waals surface area contributed by atoms with Crippen molar-refractivity contribution in [2.75, 3.05) is 38.0 Å². The summed E-state index contributed by atoms with van der Waals surface area (Å²) in [5.74, 6) is 0.181. The van der Waals surface area contributed by atoms with Crippen LogP contribution in [0.5, 0.6) is 0 Å². The third kappa shape index (κ3) is 5.75. The van der Waals surface area contributed by atoms with Gasteiger partial charge in [0.2, 0.25) is 5.91 Å². The highest BCUT2D eigenvalue weighted by atomic mass is 32.2. The van der Waals surface area contributed by atoms with Crippen LogP contribution in [-0.4, -0.2) is 60.4 Å². The molecule has 0 saturated carbocycles. The zero-order valence-electron chi connectivity index (χ0n) is 20.8. The second kappa shape index (κ2) is 11.5. The molecule has 2 heterocycles. The largest absolute Gasteiger partial charge is 0.341 e. The van der Waals surface area contributed by atoms with E-state index in [0.29, 0.717) is 18.2 Å². The van der Waals surface area contributed by atoms with Crippen LogP contribution in [0.4, 0.5) is 5.69 Å². The number of nitrogens with one attached hydrogen (secondary N) is 2. The summed E-state index contributed by atoms with van der Waals surface area (Å²) in [7, 11) is 0. The monoisotopic (exact) mass is 502 g/mol. The van der Waals surface area contributed by atoms with Crippen LogP contribution in [0.3, 0.4) is 0 Å². The van der Waals surface area contributed by atoms with Crippen molar-refractivity contribution in [3.05, 3.63) is 71.8 Å². The molecule has 0 unspecified atom stereocenters. The van der Waals surface area contributed by atoms with E-state index in [4.69, 9.17) is 0 Å². The van der Waals surface area contributed by atoms with Crippen molar-refractivity contribution in [1.29, 1.82) is 0 Å². The van der Waals surface area contributed by atoms with Gasteiger partial charge in [0.1, 0.15) is 0 Å². The molecule has 2 aliphatic rings. The number of hydrogen-bond acceptors (Lipinski definition) is 5. The molecule has 3 aromatic rings. The Bertz CT molecular complexity index is 1230. The van der Waals surface area contributed by atoms with Crippen LogP contribution in [0.25, 0.3) is 10.8 Å². The van der Waals surface area contributed by atoms with Gasteiger partial charge in [-0.05, 0) is 86.8 Å². The van der Waals surface area contributed by atoms with E-state index in [1.807, 2.05) is 54.3 Å². The molecule has 7 heteroatoms. The van der Waals surface area contributed by atoms with Crippen LogP contribution in [0.1, 0.15) is 41.6 Å². The maximum Gasteiger partial charge on any atom is 0.255 e. The Kier molecular flexibility index (Phi) is 7.90. The lowest BCUT2D eigenvalue weighted by atomic mass is 10.1. The number of likely N-dealkylation sites (tertiary alicyclic amines) is 2. The molecule has 2 N–H and O–H groups in total. The van der Waals surface area contributed by atoms with Crippen LogP contribution < -0.4 is 10.0 Å². The first kappa shape index (κ1) is 24.8. The van der Waals surface area contributed by atoms with Gasteiger partial charge in [0.25, 0.3) is 5.91 Å². The van der Waals surface area contributed by atoms with Crippen LogP contribution in [0.2, 0.25) is 0 Å². The van der Waals surface area contributed by atoms with E-state index < -0.39 is 0 Å². The number of fused-ring (bicyclic) bond motifs is 1. The number of nitrogens with zero attached hydrogens (tertiary/aromatic N) is 2. The first-order valence-electron chi connectivity index (χ1n) is 12.9. The lowest BCUT2D eigenvalue weighted by Gasteiger charge is -2.33. The standard InChI is InChI=1S/C29H34N4O2S/c1-21-8-2-3-9-23(21)29(35)30-26-12-13-27(25-11-5-4-10-24(25)26)36-31-22-14-18-33(19-15-22)28(34)20-32-16-6-7-17-32/h2-5,8-13,22,31H,6-7,14-20H2,1H3,(H,30,35). The van der Waals surface area contributed by atoms with E-state index in [1.165, 1.54) is 12.8 Å². The van der Waals surface area contributed by atoms with E-state index in [9.17, 15) is 9.59 Å². The Balaban J connectivity index is 1.20. The Labute approximate surface area is 217 Å². The number of hydrogen-bond donors (Lipinski definition) is 2. The highest BCUT2D eigenvalue weighted by molar-refractivity contribution is 7.97. The second-order valence-corrected chi connectivity index (χ2v) is 10.7. The van der Waals surface area contributed by atoms with Crippen molar-refractivity contribution < 1.29 is 9.59 Å². The predicted octanol–water partition coefficient (Wildman–Crippen LogP) is 5.08. The third-order valence-electron chi connectivity index (χ3n) is 7.26. The Morgan fingerprint density at radius 3 is 2.33 bits per heavy atom. The summed E-state index contributed by atoms with van der Waals surface area (Å²) in [6, 6.07) is 20.2. The number of aryl methyl sites for hydroxylation is 1. The molecule has 0 spiro atoms. The van der Waals surface area contributed by atoms with Gasteiger partial charge in [-0.15, -0.1) is 0 Å². The maximum absolute atomic E-state index is 12.9. The minimum Gasteiger partial charge on any atom is -0.341 e. The number of amides is 2. The number of carbonyl (C=O) groups is 2. The molecular formula is C29H34N4O2S. The highest BCUT2D eigenvalue weighted by Gasteiger charge is 2.25. The van der Waals surface area contributed by atoms with Crippen LogP contribution >= 0.6 is 11.9 Å². The molecule has 2 aliphatic heterocycles. The lowest BCUT2D eigenvalue weighted by molar-refractivity contribution is -0.133. The smallest absolute Gasteiger partial charge is 0.255 e. The number of rotatable bonds is 7. The van der Waals surface area contributed by atoms with E-state index in [1.54, 1.807) is 11.9 Å². The highest BCUT2D eigenvalue weighted by Crippen LogP contribution is 2.32. The summed E-state index contributed by atoms with van der Waals surface area (Å²) < 4.78 is 3.64. The van der Waals surface area contributed by atoms with Crippen molar-refractivity contribution >= 4 is 40.2 Å². The van der Waals surface area contributed by atoms with Crippen LogP contribution in [0.15, 0.2) is 65.6 Å². The van der Waals surface area contributed by atoms with E-state index >= 15 is 0 Å². The van der Waals surface area contributed by atoms with Gasteiger partial charge in [-0.3, -0.25) is 19.2 Å². The van der Waals surface area contributed by atoms with Crippen molar-refractivity contribution in [1.82, 2.24) is 14.5 Å². The molecule has 0 aliphatic carbocycles. The molecule has 5 rings (SSSR count). The van der Waals surface area contributed by atoms with Gasteiger partial charge in [0.05, 0.1) is 6.54 Å². The maximum atomic E-state index is 12.9. The van der Waals surface area contributed by atoms with Gasteiger partial charge in [0.15, 0.2) is 0 Å². The van der Waals surface area contributed by atoms with E-state index in [-0.39, 0.29) is 11.8 Å². The van der Waals surface area contributed by atoms with Gasteiger partial charge in [-0.1, -0.05) is 42.5 Å². The zero-order chi connectivity index (χ0) is 24.9. The summed E-state index contributed by atoms with van der Waals surface area (Å²) >= 11 is 1.64. The van der Waals surface area contributed by atoms with E-state index in [0.717, 1.165) is 65.9 Å². The number of piperidine rings is 1. The predicted molar refractivity (Wildman–Crippen MR) is 147 cm³/mol. The summed E-state index contributed by atoms with van der Waals surface area (Å²) in [4.78, 5) is 31.0. The van der Waals surface area contributed by atoms with Crippen molar-refractivity contribution in [2.24, 2.45) is 0 Å². The first-order chi connectivity index (χ1) is 17.6. The minimum atomic E-state index is -0.0946. The van der Waals surface area contributed by atoms with Gasteiger partial charge in [0, 0.05) is 40.7 Å². The van der Waals surface area contributed by atoms with Crippen LogP contribution in [-0.2, 0) is 4.79 Å². The average Bonchev–Trinajstić information content (AvgIpc) is 3.42. The van der Waals surface area contributed by atoms with Crippen molar-refractivity contribution in [3.8, 4) is 0 Å². The lowest BCUT2D eigenvalue weighted by Crippen LogP contribution is -2.46. The number of benzene rings is 3. The fraction of sp³-hybridized carbons (Fsp3) is 0.379. The SMILES string of the molecule is Cc1ccccc1C(=O)Nc1ccc(SNC2CCN(C(=O)CN3CCCC3)CC2)c2ccccc12. The quantitative estimate of drug-likeness (QED) is 0.441. The molecule has 188 valence electrons. The normalized spacial score (nSPS) is 17.0. The Morgan fingerprint density at radius 1 is 0.889 bits per heavy atom. The van der Waals surface area contributed by atoms with Crippen molar-refractivity contribution in [2.45, 2.75) is 43.5 Å². The van der Waals surface area contributed by atoms with Gasteiger partial charge in [-0.25, -0.2) is 0 Å². The molecule has 0 aromatic heterocycles. The molecule has 3 aromatic carbocycles. The third-order valence-corrected chi connectivity index (χ3v) is 8.29. The zero-order valence-corrected chi connectivity index (χ0v) is 21.7. The minimum absolute atomic E-state index is 0.0946. The topological polar surface area (TPSA) is 64.7 Å². The molecule has 0 bridgehead atoms. The van der Waals surface area contributed by atoms with Gasteiger partial charge < -0.3 is 10.2 Å². The van der Waals surface area contributed by atoms with Crippen molar-refractivity contribution in [3.63, 3.8) is 0 Å². The Hall–Kier alpha value is -2.87. The summed E-state index contributed by atoms with van der Waals surface area (Å²) in [5, 5.41) is 5.24. The van der Waals surface area contributed by atoms with E-state index in [2.05, 4.69) is 33.1 Å². The molecule has 36 heavy (non-hydrogen) atoms. The first-order valence-corrected chi connectivity index (χ1v) is 13.7. The summed E-state index contributed by atoms with van der Waals surface area (Å²) in [5.41, 5.74) is 2.46. The van der Waals surface area contributed by atoms with Crippen LogP contribution in [0, 0.1) is 6.92 Å². The summed E-state index contributed by atoms with van der Waals surface area (Å²) in [6.07, 6.45) is 4.35. The number of carbonyl (C=O) groups excluding carboxylic acids is 2. The average molecular weight is 503 g/mol. The van der Waals surface area contributed by atoms with Gasteiger partial charge in [-0.2, -0.15) is 0 Å². The molecule has 6 nitrogen and oxygen atoms in total. The molecule has 0 atom stereocenters.